The number of nitrogens with one attached hydrogen (secondary N) is 1. The van der Waals surface area contributed by atoms with E-state index in [4.69, 9.17) is 19.3 Å². The fraction of sp³-hybridized carbons (Fsp3) is 1.00. The molecular weight excluding hydrogens is 248 g/mol. The van der Waals surface area contributed by atoms with Crippen molar-refractivity contribution in [3.05, 3.63) is 0 Å². The van der Waals surface area contributed by atoms with Gasteiger partial charge in [-0.1, -0.05) is 0 Å². The molecule has 3 aliphatic heterocycles. The van der Waals surface area contributed by atoms with E-state index in [-0.39, 0.29) is 6.10 Å². The number of aliphatic hydroxyl groups is 1. The molecule has 4 atom stereocenters. The molecule has 3 saturated heterocycles. The summed E-state index contributed by atoms with van der Waals surface area (Å²) in [7, 11) is 3.31. The molecule has 0 aromatic rings. The van der Waals surface area contributed by atoms with E-state index in [1.807, 2.05) is 7.05 Å². The average Bonchev–Trinajstić information content (AvgIpc) is 3.21. The summed E-state index contributed by atoms with van der Waals surface area (Å²) in [4.78, 5) is 0. The number of epoxide rings is 3. The lowest BCUT2D eigenvalue weighted by Crippen LogP contribution is -2.19. The monoisotopic (exact) mass is 278 g/mol. The minimum atomic E-state index is -0.213. The summed E-state index contributed by atoms with van der Waals surface area (Å²) in [5.74, 6) is 0. The van der Waals surface area contributed by atoms with Crippen LogP contribution in [-0.4, -0.2) is 70.0 Å². The SMILES string of the molecule is C1OC1CC1CO1.CC1CO1.CN.CNCC(C)O. The first kappa shape index (κ1) is 18.8. The van der Waals surface area contributed by atoms with Gasteiger partial charge in [0.05, 0.1) is 44.2 Å². The Hall–Kier alpha value is -0.240. The molecule has 0 bridgehead atoms. The zero-order chi connectivity index (χ0) is 14.7. The van der Waals surface area contributed by atoms with E-state index >= 15 is 0 Å². The second kappa shape index (κ2) is 11.6. The molecule has 3 aliphatic rings. The number of nitrogens with two attached hydrogens (primary N) is 1. The van der Waals surface area contributed by atoms with Crippen molar-refractivity contribution in [2.45, 2.75) is 44.7 Å². The normalized spacial score (nSPS) is 30.3. The van der Waals surface area contributed by atoms with Gasteiger partial charge in [-0.2, -0.15) is 0 Å². The molecule has 4 N–H and O–H groups in total. The van der Waals surface area contributed by atoms with E-state index in [1.54, 1.807) is 6.92 Å². The fourth-order valence-electron chi connectivity index (χ4n) is 1.09. The van der Waals surface area contributed by atoms with Crippen LogP contribution < -0.4 is 11.1 Å². The third-order valence-corrected chi connectivity index (χ3v) is 2.33. The summed E-state index contributed by atoms with van der Waals surface area (Å²) < 4.78 is 14.7. The Kier molecular flexibility index (Phi) is 11.4. The molecule has 19 heavy (non-hydrogen) atoms. The Bertz CT molecular complexity index is 183. The Balaban J connectivity index is 0.000000248. The number of ether oxygens (including phenoxy) is 3. The molecule has 0 saturated carbocycles. The van der Waals surface area contributed by atoms with Crippen LogP contribution in [0.1, 0.15) is 20.3 Å². The maximum absolute atomic E-state index is 8.49. The van der Waals surface area contributed by atoms with Crippen LogP contribution in [0.25, 0.3) is 0 Å². The molecule has 3 rings (SSSR count). The van der Waals surface area contributed by atoms with Gasteiger partial charge >= 0.3 is 0 Å². The third kappa shape index (κ3) is 17.8. The van der Waals surface area contributed by atoms with Crippen molar-refractivity contribution in [2.24, 2.45) is 5.73 Å². The second-order valence-electron chi connectivity index (χ2n) is 4.70. The fourth-order valence-corrected chi connectivity index (χ4v) is 1.09. The van der Waals surface area contributed by atoms with Crippen LogP contribution in [0.5, 0.6) is 0 Å². The van der Waals surface area contributed by atoms with Crippen molar-refractivity contribution < 1.29 is 19.3 Å². The summed E-state index contributed by atoms with van der Waals surface area (Å²) in [6.45, 7) is 7.41. The highest BCUT2D eigenvalue weighted by molar-refractivity contribution is 4.79. The predicted molar refractivity (Wildman–Crippen MR) is 75.2 cm³/mol. The smallest absolute Gasteiger partial charge is 0.0835 e. The molecule has 6 nitrogen and oxygen atoms in total. The van der Waals surface area contributed by atoms with Crippen LogP contribution in [0.4, 0.5) is 0 Å². The van der Waals surface area contributed by atoms with Crippen LogP contribution in [0.3, 0.4) is 0 Å². The number of likely N-dealkylation sites (N-methyl/N-ethyl adjacent to an activating group) is 1. The Morgan fingerprint density at radius 1 is 1.16 bits per heavy atom. The van der Waals surface area contributed by atoms with E-state index in [0.29, 0.717) is 24.9 Å². The first-order valence-electron chi connectivity index (χ1n) is 6.87. The Morgan fingerprint density at radius 2 is 1.53 bits per heavy atom. The van der Waals surface area contributed by atoms with E-state index < -0.39 is 0 Å². The molecule has 116 valence electrons. The third-order valence-electron chi connectivity index (χ3n) is 2.33. The van der Waals surface area contributed by atoms with E-state index in [0.717, 1.165) is 26.2 Å². The average molecular weight is 278 g/mol. The molecule has 0 spiro atoms. The van der Waals surface area contributed by atoms with Crippen molar-refractivity contribution in [3.63, 3.8) is 0 Å². The summed E-state index contributed by atoms with van der Waals surface area (Å²) in [5.41, 5.74) is 4.50. The van der Waals surface area contributed by atoms with E-state index in [2.05, 4.69) is 18.0 Å². The van der Waals surface area contributed by atoms with Gasteiger partial charge in [-0.15, -0.1) is 0 Å². The largest absolute Gasteiger partial charge is 0.392 e. The quantitative estimate of drug-likeness (QED) is 0.613. The number of rotatable bonds is 4. The number of hydrogen-bond acceptors (Lipinski definition) is 6. The van der Waals surface area contributed by atoms with Crippen molar-refractivity contribution in [3.8, 4) is 0 Å². The van der Waals surface area contributed by atoms with Crippen molar-refractivity contribution in [1.29, 1.82) is 0 Å². The molecule has 0 amide bonds. The van der Waals surface area contributed by atoms with Crippen molar-refractivity contribution in [1.82, 2.24) is 5.32 Å². The van der Waals surface area contributed by atoms with Gasteiger partial charge in [0.2, 0.25) is 0 Å². The minimum absolute atomic E-state index is 0.213. The molecule has 4 unspecified atom stereocenters. The second-order valence-corrected chi connectivity index (χ2v) is 4.70. The van der Waals surface area contributed by atoms with E-state index in [9.17, 15) is 0 Å². The number of aliphatic hydroxyl groups excluding tert-OH is 1. The minimum Gasteiger partial charge on any atom is -0.392 e. The summed E-state index contributed by atoms with van der Waals surface area (Å²) >= 11 is 0. The highest BCUT2D eigenvalue weighted by atomic mass is 16.6. The van der Waals surface area contributed by atoms with Gasteiger partial charge in [-0.25, -0.2) is 0 Å². The van der Waals surface area contributed by atoms with Crippen molar-refractivity contribution >= 4 is 0 Å². The van der Waals surface area contributed by atoms with Crippen molar-refractivity contribution in [2.75, 3.05) is 40.5 Å². The van der Waals surface area contributed by atoms with Crippen LogP contribution in [0.2, 0.25) is 0 Å². The zero-order valence-corrected chi connectivity index (χ0v) is 12.6. The molecule has 0 aromatic heterocycles. The van der Waals surface area contributed by atoms with E-state index in [1.165, 1.54) is 7.05 Å². The maximum atomic E-state index is 8.49. The van der Waals surface area contributed by atoms with Gasteiger partial charge < -0.3 is 30.4 Å². The molecule has 3 fully saturated rings. The Morgan fingerprint density at radius 3 is 1.63 bits per heavy atom. The molecule has 3 heterocycles. The first-order valence-corrected chi connectivity index (χ1v) is 6.87. The highest BCUT2D eigenvalue weighted by Crippen LogP contribution is 2.23. The molecule has 0 radical (unpaired) electrons. The van der Waals surface area contributed by atoms with Gasteiger partial charge in [0, 0.05) is 13.0 Å². The summed E-state index contributed by atoms with van der Waals surface area (Å²) in [5, 5.41) is 11.3. The summed E-state index contributed by atoms with van der Waals surface area (Å²) in [6.07, 6.45) is 2.63. The highest BCUT2D eigenvalue weighted by Gasteiger charge is 2.32. The van der Waals surface area contributed by atoms with Gasteiger partial charge in [-0.05, 0) is 27.9 Å². The first-order chi connectivity index (χ1) is 9.11. The van der Waals surface area contributed by atoms with Crippen LogP contribution in [0.15, 0.2) is 0 Å². The lowest BCUT2D eigenvalue weighted by atomic mass is 10.3. The molecule has 0 aromatic carbocycles. The van der Waals surface area contributed by atoms with Crippen LogP contribution in [-0.2, 0) is 14.2 Å². The molecular formula is C13H30N2O4. The summed E-state index contributed by atoms with van der Waals surface area (Å²) in [6, 6.07) is 0. The van der Waals surface area contributed by atoms with Gasteiger partial charge in [0.15, 0.2) is 0 Å². The number of hydrogen-bond donors (Lipinski definition) is 3. The zero-order valence-electron chi connectivity index (χ0n) is 12.6. The van der Waals surface area contributed by atoms with Crippen LogP contribution in [0, 0.1) is 0 Å². The van der Waals surface area contributed by atoms with Gasteiger partial charge in [0.1, 0.15) is 0 Å². The Labute approximate surface area is 116 Å². The molecule has 6 heteroatoms. The lowest BCUT2D eigenvalue weighted by molar-refractivity contribution is 0.194. The van der Waals surface area contributed by atoms with Gasteiger partial charge in [-0.3, -0.25) is 0 Å². The van der Waals surface area contributed by atoms with Gasteiger partial charge in [0.25, 0.3) is 0 Å². The molecule has 0 aliphatic carbocycles. The van der Waals surface area contributed by atoms with Crippen LogP contribution >= 0.6 is 0 Å². The lowest BCUT2D eigenvalue weighted by Gasteiger charge is -1.97. The predicted octanol–water partition coefficient (Wildman–Crippen LogP) is -0.259. The topological polar surface area (TPSA) is 95.9 Å². The maximum Gasteiger partial charge on any atom is 0.0835 e. The standard InChI is InChI=1S/C5H8O2.C4H11NO.C3H6O.CH5N/c1(4-2-6-4)5-3-7-5;1-4(6)3-5-2;1-3-2-4-3;1-2/h4-5H,1-3H2;4-6H,3H2,1-2H3;3H,2H2,1H3;2H2,1H3.